The van der Waals surface area contributed by atoms with Crippen LogP contribution in [0.2, 0.25) is 5.02 Å². The molecular weight excluding hydrogens is 288 g/mol. The quantitative estimate of drug-likeness (QED) is 0.517. The van der Waals surface area contributed by atoms with Crippen molar-refractivity contribution in [2.24, 2.45) is 0 Å². The first-order valence-corrected chi connectivity index (χ1v) is 6.72. The molecule has 0 bridgehead atoms. The summed E-state index contributed by atoms with van der Waals surface area (Å²) in [6.45, 7) is 0. The number of phenols is 1. The zero-order valence-electron chi connectivity index (χ0n) is 11.1. The van der Waals surface area contributed by atoms with Crippen molar-refractivity contribution in [2.75, 3.05) is 0 Å². The molecule has 106 valence electrons. The number of hydrogen-bond donors (Lipinski definition) is 1. The van der Waals surface area contributed by atoms with E-state index in [4.69, 9.17) is 11.6 Å². The fourth-order valence-electron chi connectivity index (χ4n) is 1.78. The first-order chi connectivity index (χ1) is 10.1. The van der Waals surface area contributed by atoms with Gasteiger partial charge in [0.25, 0.3) is 0 Å². The number of carbonyl (C=O) groups is 2. The molecule has 2 rings (SSSR count). The molecule has 0 amide bonds. The molecule has 0 saturated heterocycles. The van der Waals surface area contributed by atoms with Crippen LogP contribution >= 0.6 is 11.6 Å². The second-order valence-electron chi connectivity index (χ2n) is 4.47. The lowest BCUT2D eigenvalue weighted by molar-refractivity contribution is -0.113. The number of ketones is 2. The minimum Gasteiger partial charge on any atom is -0.507 e. The van der Waals surface area contributed by atoms with Crippen LogP contribution in [-0.4, -0.2) is 16.7 Å². The maximum absolute atomic E-state index is 11.9. The summed E-state index contributed by atoms with van der Waals surface area (Å²) in [5.41, 5.74) is 0.980. The van der Waals surface area contributed by atoms with Crippen LogP contribution in [0.1, 0.15) is 22.3 Å². The highest BCUT2D eigenvalue weighted by Crippen LogP contribution is 2.17. The first-order valence-electron chi connectivity index (χ1n) is 6.34. The van der Waals surface area contributed by atoms with Gasteiger partial charge in [-0.25, -0.2) is 0 Å². The van der Waals surface area contributed by atoms with Crippen LogP contribution < -0.4 is 0 Å². The van der Waals surface area contributed by atoms with Crippen molar-refractivity contribution >= 4 is 29.2 Å². The molecule has 1 N–H and O–H groups in total. The zero-order chi connectivity index (χ0) is 15.2. The van der Waals surface area contributed by atoms with Crippen molar-refractivity contribution in [3.8, 4) is 5.75 Å². The van der Waals surface area contributed by atoms with E-state index in [1.54, 1.807) is 42.5 Å². The summed E-state index contributed by atoms with van der Waals surface area (Å²) >= 11 is 5.77. The number of rotatable bonds is 5. The number of aromatic hydroxyl groups is 1. The van der Waals surface area contributed by atoms with Gasteiger partial charge in [0.05, 0.1) is 12.0 Å². The molecule has 0 fully saturated rings. The van der Waals surface area contributed by atoms with Crippen LogP contribution in [0.3, 0.4) is 0 Å². The van der Waals surface area contributed by atoms with Gasteiger partial charge in [0.2, 0.25) is 0 Å². The van der Waals surface area contributed by atoms with Crippen LogP contribution in [0.15, 0.2) is 54.6 Å². The summed E-state index contributed by atoms with van der Waals surface area (Å²) in [4.78, 5) is 23.7. The van der Waals surface area contributed by atoms with Gasteiger partial charge in [0.15, 0.2) is 11.6 Å². The van der Waals surface area contributed by atoms with Crippen LogP contribution in [-0.2, 0) is 4.79 Å². The fourth-order valence-corrected chi connectivity index (χ4v) is 1.91. The number of halogens is 1. The third-order valence-electron chi connectivity index (χ3n) is 2.87. The lowest BCUT2D eigenvalue weighted by atomic mass is 10.0. The van der Waals surface area contributed by atoms with Crippen molar-refractivity contribution in [1.82, 2.24) is 0 Å². The van der Waals surface area contributed by atoms with E-state index in [0.717, 1.165) is 5.56 Å². The Labute approximate surface area is 127 Å². The highest BCUT2D eigenvalue weighted by molar-refractivity contribution is 6.30. The predicted octanol–water partition coefficient (Wildman–Crippen LogP) is 3.90. The molecule has 0 atom stereocenters. The molecule has 2 aromatic carbocycles. The molecule has 0 saturated carbocycles. The van der Waals surface area contributed by atoms with Crippen molar-refractivity contribution in [1.29, 1.82) is 0 Å². The number of allylic oxidation sites excluding steroid dienone is 1. The summed E-state index contributed by atoms with van der Waals surface area (Å²) < 4.78 is 0. The van der Waals surface area contributed by atoms with E-state index in [9.17, 15) is 14.7 Å². The van der Waals surface area contributed by atoms with E-state index in [-0.39, 0.29) is 23.5 Å². The van der Waals surface area contributed by atoms with Crippen LogP contribution in [0.5, 0.6) is 5.75 Å². The van der Waals surface area contributed by atoms with Crippen LogP contribution in [0.25, 0.3) is 6.08 Å². The number of benzene rings is 2. The maximum Gasteiger partial charge on any atom is 0.174 e. The van der Waals surface area contributed by atoms with Gasteiger partial charge in [-0.3, -0.25) is 9.59 Å². The Morgan fingerprint density at radius 3 is 2.38 bits per heavy atom. The summed E-state index contributed by atoms with van der Waals surface area (Å²) in [5.74, 6) is -0.839. The lowest BCUT2D eigenvalue weighted by Gasteiger charge is -2.01. The van der Waals surface area contributed by atoms with Crippen molar-refractivity contribution < 1.29 is 14.7 Å². The zero-order valence-corrected chi connectivity index (χ0v) is 11.9. The molecule has 0 radical (unpaired) electrons. The molecule has 4 heteroatoms. The normalized spacial score (nSPS) is 10.7. The Morgan fingerprint density at radius 2 is 1.71 bits per heavy atom. The maximum atomic E-state index is 11.9. The Morgan fingerprint density at radius 1 is 1.05 bits per heavy atom. The highest BCUT2D eigenvalue weighted by Gasteiger charge is 2.13. The van der Waals surface area contributed by atoms with Gasteiger partial charge >= 0.3 is 0 Å². The molecule has 0 aromatic heterocycles. The Balaban J connectivity index is 2.00. The first kappa shape index (κ1) is 15.0. The second kappa shape index (κ2) is 6.86. The molecule has 0 unspecified atom stereocenters. The third kappa shape index (κ3) is 4.29. The largest absolute Gasteiger partial charge is 0.507 e. The number of carbonyl (C=O) groups excluding carboxylic acids is 2. The standard InChI is InChI=1S/C17H13ClO3/c18-13-8-5-12(6-9-13)7-10-14(19)11-17(21)15-3-1-2-4-16(15)20/h1-10,20H,11H2/b10-7+. The molecular formula is C17H13ClO3. The minimum absolute atomic E-state index is 0.114. The number of hydrogen-bond acceptors (Lipinski definition) is 3. The Hall–Kier alpha value is -2.39. The molecule has 0 aliphatic heterocycles. The summed E-state index contributed by atoms with van der Waals surface area (Å²) in [7, 11) is 0. The van der Waals surface area contributed by atoms with E-state index in [0.29, 0.717) is 5.02 Å². The Bertz CT molecular complexity index is 687. The van der Waals surface area contributed by atoms with Gasteiger partial charge in [-0.05, 0) is 35.9 Å². The molecule has 0 spiro atoms. The van der Waals surface area contributed by atoms with Gasteiger partial charge < -0.3 is 5.11 Å². The fraction of sp³-hybridized carbons (Fsp3) is 0.0588. The van der Waals surface area contributed by atoms with Crippen molar-refractivity contribution in [2.45, 2.75) is 6.42 Å². The second-order valence-corrected chi connectivity index (χ2v) is 4.90. The molecule has 0 aliphatic carbocycles. The summed E-state index contributed by atoms with van der Waals surface area (Å²) in [6.07, 6.45) is 2.69. The number of para-hydroxylation sites is 1. The monoisotopic (exact) mass is 300 g/mol. The highest BCUT2D eigenvalue weighted by atomic mass is 35.5. The van der Waals surface area contributed by atoms with E-state index in [1.807, 2.05) is 0 Å². The van der Waals surface area contributed by atoms with Crippen molar-refractivity contribution in [3.63, 3.8) is 0 Å². The van der Waals surface area contributed by atoms with Gasteiger partial charge in [-0.1, -0.05) is 41.9 Å². The van der Waals surface area contributed by atoms with E-state index in [1.165, 1.54) is 18.2 Å². The van der Waals surface area contributed by atoms with Gasteiger partial charge in [-0.2, -0.15) is 0 Å². The minimum atomic E-state index is -0.404. The van der Waals surface area contributed by atoms with Gasteiger partial charge in [0.1, 0.15) is 5.75 Å². The Kier molecular flexibility index (Phi) is 4.90. The molecule has 0 heterocycles. The van der Waals surface area contributed by atoms with E-state index < -0.39 is 5.78 Å². The third-order valence-corrected chi connectivity index (χ3v) is 3.12. The molecule has 3 nitrogen and oxygen atoms in total. The smallest absolute Gasteiger partial charge is 0.174 e. The summed E-state index contributed by atoms with van der Waals surface area (Å²) in [6, 6.07) is 13.2. The SMILES string of the molecule is O=C(/C=C/c1ccc(Cl)cc1)CC(=O)c1ccccc1O. The lowest BCUT2D eigenvalue weighted by Crippen LogP contribution is -2.06. The molecule has 0 aliphatic rings. The summed E-state index contributed by atoms with van der Waals surface area (Å²) in [5, 5.41) is 10.2. The average molecular weight is 301 g/mol. The van der Waals surface area contributed by atoms with Crippen LogP contribution in [0, 0.1) is 0 Å². The number of phenolic OH excluding ortho intramolecular Hbond substituents is 1. The van der Waals surface area contributed by atoms with E-state index >= 15 is 0 Å². The van der Waals surface area contributed by atoms with Gasteiger partial charge in [-0.15, -0.1) is 0 Å². The predicted molar refractivity (Wildman–Crippen MR) is 82.5 cm³/mol. The number of Topliss-reactive ketones (excluding diaryl/α,β-unsaturated/α-hetero) is 1. The van der Waals surface area contributed by atoms with Gasteiger partial charge in [0, 0.05) is 5.02 Å². The van der Waals surface area contributed by atoms with Crippen LogP contribution in [0.4, 0.5) is 0 Å². The molecule has 21 heavy (non-hydrogen) atoms. The van der Waals surface area contributed by atoms with E-state index in [2.05, 4.69) is 0 Å². The molecule has 2 aromatic rings. The average Bonchev–Trinajstić information content (AvgIpc) is 2.47. The topological polar surface area (TPSA) is 54.4 Å². The van der Waals surface area contributed by atoms with Crippen molar-refractivity contribution in [3.05, 3.63) is 70.8 Å².